The van der Waals surface area contributed by atoms with Gasteiger partial charge in [0.2, 0.25) is 0 Å². The summed E-state index contributed by atoms with van der Waals surface area (Å²) in [4.78, 5) is 37.5. The van der Waals surface area contributed by atoms with Gasteiger partial charge >= 0.3 is 5.97 Å². The lowest BCUT2D eigenvalue weighted by Gasteiger charge is -2.22. The molecule has 0 saturated heterocycles. The second kappa shape index (κ2) is 10.8. The zero-order valence-electron chi connectivity index (χ0n) is 18.5. The van der Waals surface area contributed by atoms with Gasteiger partial charge < -0.3 is 14.8 Å². The second-order valence-electron chi connectivity index (χ2n) is 7.46. The summed E-state index contributed by atoms with van der Waals surface area (Å²) in [6, 6.07) is 20.1. The van der Waals surface area contributed by atoms with Crippen molar-refractivity contribution in [1.29, 1.82) is 0 Å². The van der Waals surface area contributed by atoms with E-state index in [-0.39, 0.29) is 18.5 Å². The van der Waals surface area contributed by atoms with Crippen LogP contribution in [0.3, 0.4) is 0 Å². The Morgan fingerprint density at radius 1 is 1.06 bits per heavy atom. The fraction of sp³-hybridized carbons (Fsp3) is 0.200. The van der Waals surface area contributed by atoms with Crippen molar-refractivity contribution in [2.75, 3.05) is 20.3 Å². The molecule has 0 radical (unpaired) electrons. The maximum absolute atomic E-state index is 13.0. The standard InChI is InChI=1S/C25H23N3O5S/c1-32-19-11-9-18(10-12-19)21-14-20(17-6-3-2-4-7-17)27-28(21)23(29)16-33-24(30)15-26-25(31)22-8-5-13-34-22/h2-13,21H,14-16H2,1H3,(H,26,31)/t21-/m1/s1. The summed E-state index contributed by atoms with van der Waals surface area (Å²) >= 11 is 1.27. The number of hydrogen-bond acceptors (Lipinski definition) is 7. The predicted molar refractivity (Wildman–Crippen MR) is 128 cm³/mol. The van der Waals surface area contributed by atoms with Crippen molar-refractivity contribution < 1.29 is 23.9 Å². The number of thiophene rings is 1. The molecule has 9 heteroatoms. The summed E-state index contributed by atoms with van der Waals surface area (Å²) in [6.45, 7) is -0.809. The summed E-state index contributed by atoms with van der Waals surface area (Å²) in [5, 5.41) is 10.2. The third-order valence-electron chi connectivity index (χ3n) is 5.27. The summed E-state index contributed by atoms with van der Waals surface area (Å²) in [5.41, 5.74) is 2.58. The van der Waals surface area contributed by atoms with Crippen LogP contribution in [-0.2, 0) is 14.3 Å². The van der Waals surface area contributed by atoms with E-state index in [1.807, 2.05) is 54.6 Å². The van der Waals surface area contributed by atoms with E-state index in [1.54, 1.807) is 24.6 Å². The molecular formula is C25H23N3O5S. The number of rotatable bonds is 8. The average Bonchev–Trinajstić information content (AvgIpc) is 3.57. The molecule has 0 spiro atoms. The van der Waals surface area contributed by atoms with Crippen molar-refractivity contribution in [3.8, 4) is 5.75 Å². The smallest absolute Gasteiger partial charge is 0.325 e. The Hall–Kier alpha value is -3.98. The topological polar surface area (TPSA) is 97.3 Å². The van der Waals surface area contributed by atoms with E-state index < -0.39 is 18.5 Å². The molecule has 3 aromatic rings. The lowest BCUT2D eigenvalue weighted by Crippen LogP contribution is -2.34. The van der Waals surface area contributed by atoms with Gasteiger partial charge in [0.25, 0.3) is 11.8 Å². The first kappa shape index (κ1) is 23.2. The Kier molecular flexibility index (Phi) is 7.34. The zero-order chi connectivity index (χ0) is 23.9. The number of carbonyl (C=O) groups excluding carboxylic acids is 3. The Balaban J connectivity index is 1.42. The first-order chi connectivity index (χ1) is 16.5. The molecule has 1 aromatic heterocycles. The molecule has 174 valence electrons. The Labute approximate surface area is 200 Å². The van der Waals surface area contributed by atoms with Crippen LogP contribution in [0.5, 0.6) is 5.75 Å². The largest absolute Gasteiger partial charge is 0.497 e. The minimum atomic E-state index is -0.703. The first-order valence-electron chi connectivity index (χ1n) is 10.6. The summed E-state index contributed by atoms with van der Waals surface area (Å²) < 4.78 is 10.3. The highest BCUT2D eigenvalue weighted by Gasteiger charge is 2.33. The Morgan fingerprint density at radius 2 is 1.82 bits per heavy atom. The summed E-state index contributed by atoms with van der Waals surface area (Å²) in [6.07, 6.45) is 0.521. The van der Waals surface area contributed by atoms with Gasteiger partial charge in [0.05, 0.1) is 23.7 Å². The quantitative estimate of drug-likeness (QED) is 0.502. The van der Waals surface area contributed by atoms with E-state index >= 15 is 0 Å². The van der Waals surface area contributed by atoms with Crippen LogP contribution >= 0.6 is 11.3 Å². The van der Waals surface area contributed by atoms with Crippen molar-refractivity contribution in [2.24, 2.45) is 5.10 Å². The molecule has 2 amide bonds. The van der Waals surface area contributed by atoms with E-state index in [1.165, 1.54) is 16.3 Å². The lowest BCUT2D eigenvalue weighted by molar-refractivity contribution is -0.152. The number of methoxy groups -OCH3 is 1. The van der Waals surface area contributed by atoms with Crippen LogP contribution < -0.4 is 10.1 Å². The van der Waals surface area contributed by atoms with E-state index in [2.05, 4.69) is 10.4 Å². The van der Waals surface area contributed by atoms with Gasteiger partial charge in [-0.3, -0.25) is 14.4 Å². The van der Waals surface area contributed by atoms with Crippen LogP contribution in [0.1, 0.15) is 33.3 Å². The fourth-order valence-electron chi connectivity index (χ4n) is 3.54. The summed E-state index contributed by atoms with van der Waals surface area (Å²) in [7, 11) is 1.59. The minimum absolute atomic E-state index is 0.329. The number of nitrogens with one attached hydrogen (secondary N) is 1. The maximum atomic E-state index is 13.0. The van der Waals surface area contributed by atoms with Crippen molar-refractivity contribution in [1.82, 2.24) is 10.3 Å². The van der Waals surface area contributed by atoms with Crippen LogP contribution in [0, 0.1) is 0 Å². The first-order valence-corrected chi connectivity index (χ1v) is 11.5. The fourth-order valence-corrected chi connectivity index (χ4v) is 4.18. The number of esters is 1. The van der Waals surface area contributed by atoms with Gasteiger partial charge in [0.15, 0.2) is 6.61 Å². The maximum Gasteiger partial charge on any atom is 0.325 e. The molecule has 0 fully saturated rings. The van der Waals surface area contributed by atoms with E-state index in [0.29, 0.717) is 17.0 Å². The van der Waals surface area contributed by atoms with Gasteiger partial charge in [-0.25, -0.2) is 5.01 Å². The molecule has 0 saturated carbocycles. The molecule has 1 aliphatic heterocycles. The number of amides is 2. The van der Waals surface area contributed by atoms with Crippen molar-refractivity contribution in [3.05, 3.63) is 88.1 Å². The molecule has 0 bridgehead atoms. The van der Waals surface area contributed by atoms with Crippen molar-refractivity contribution in [3.63, 3.8) is 0 Å². The highest BCUT2D eigenvalue weighted by Crippen LogP contribution is 2.33. The third kappa shape index (κ3) is 5.49. The molecule has 1 atom stereocenters. The third-order valence-corrected chi connectivity index (χ3v) is 6.14. The average molecular weight is 478 g/mol. The van der Waals surface area contributed by atoms with Gasteiger partial charge in [-0.2, -0.15) is 5.10 Å². The highest BCUT2D eigenvalue weighted by atomic mass is 32.1. The molecule has 4 rings (SSSR count). The van der Waals surface area contributed by atoms with Crippen LogP contribution in [0.2, 0.25) is 0 Å². The lowest BCUT2D eigenvalue weighted by atomic mass is 9.98. The number of hydrogen-bond donors (Lipinski definition) is 1. The predicted octanol–water partition coefficient (Wildman–Crippen LogP) is 3.41. The zero-order valence-corrected chi connectivity index (χ0v) is 19.3. The normalized spacial score (nSPS) is 14.9. The molecule has 8 nitrogen and oxygen atoms in total. The van der Waals surface area contributed by atoms with Crippen LogP contribution in [-0.4, -0.2) is 48.8 Å². The highest BCUT2D eigenvalue weighted by molar-refractivity contribution is 7.12. The van der Waals surface area contributed by atoms with Gasteiger partial charge in [-0.15, -0.1) is 11.3 Å². The van der Waals surface area contributed by atoms with E-state index in [4.69, 9.17) is 9.47 Å². The van der Waals surface area contributed by atoms with Gasteiger partial charge in [0.1, 0.15) is 12.3 Å². The number of carbonyl (C=O) groups is 3. The summed E-state index contributed by atoms with van der Waals surface area (Å²) in [5.74, 6) is -0.813. The molecular weight excluding hydrogens is 454 g/mol. The number of benzene rings is 2. The van der Waals surface area contributed by atoms with Crippen molar-refractivity contribution in [2.45, 2.75) is 12.5 Å². The molecule has 0 aliphatic carbocycles. The van der Waals surface area contributed by atoms with E-state index in [0.717, 1.165) is 16.8 Å². The number of ether oxygens (including phenoxy) is 2. The Morgan fingerprint density at radius 3 is 2.50 bits per heavy atom. The molecule has 2 heterocycles. The van der Waals surface area contributed by atoms with Gasteiger partial charge in [-0.1, -0.05) is 48.5 Å². The van der Waals surface area contributed by atoms with Crippen LogP contribution in [0.15, 0.2) is 77.2 Å². The Bertz CT molecular complexity index is 1180. The van der Waals surface area contributed by atoms with E-state index in [9.17, 15) is 14.4 Å². The molecule has 0 unspecified atom stereocenters. The SMILES string of the molecule is COc1ccc([C@H]2CC(c3ccccc3)=NN2C(=O)COC(=O)CNC(=O)c2cccs2)cc1. The molecule has 1 N–H and O–H groups in total. The monoisotopic (exact) mass is 477 g/mol. The molecule has 34 heavy (non-hydrogen) atoms. The van der Waals surface area contributed by atoms with Gasteiger partial charge in [-0.05, 0) is 34.7 Å². The van der Waals surface area contributed by atoms with Crippen molar-refractivity contribution >= 4 is 34.8 Å². The molecule has 1 aliphatic rings. The minimum Gasteiger partial charge on any atom is -0.497 e. The molecule has 2 aromatic carbocycles. The van der Waals surface area contributed by atoms with Crippen LogP contribution in [0.25, 0.3) is 0 Å². The van der Waals surface area contributed by atoms with Crippen LogP contribution in [0.4, 0.5) is 0 Å². The number of hydrazone groups is 1. The van der Waals surface area contributed by atoms with Gasteiger partial charge in [0, 0.05) is 6.42 Å². The second-order valence-corrected chi connectivity index (χ2v) is 8.41. The number of nitrogens with zero attached hydrogens (tertiary/aromatic N) is 2.